The van der Waals surface area contributed by atoms with E-state index >= 15 is 0 Å². The zero-order chi connectivity index (χ0) is 13.2. The second kappa shape index (κ2) is 5.63. The van der Waals surface area contributed by atoms with Gasteiger partial charge in [0.15, 0.2) is 0 Å². The molecule has 0 aromatic heterocycles. The number of amides is 1. The molecule has 3 nitrogen and oxygen atoms in total. The third-order valence-corrected chi connectivity index (χ3v) is 4.76. The van der Waals surface area contributed by atoms with Crippen LogP contribution in [0.15, 0.2) is 28.7 Å². The van der Waals surface area contributed by atoms with Crippen molar-refractivity contribution < 1.29 is 4.79 Å². The van der Waals surface area contributed by atoms with Crippen molar-refractivity contribution in [1.82, 2.24) is 5.32 Å². The molecule has 4 heteroatoms. The maximum absolute atomic E-state index is 12.3. The van der Waals surface area contributed by atoms with E-state index in [1.165, 1.54) is 25.7 Å². The van der Waals surface area contributed by atoms with Gasteiger partial charge in [-0.15, -0.1) is 0 Å². The molecule has 2 N–H and O–H groups in total. The van der Waals surface area contributed by atoms with E-state index in [4.69, 9.17) is 0 Å². The van der Waals surface area contributed by atoms with Crippen molar-refractivity contribution in [1.29, 1.82) is 0 Å². The summed E-state index contributed by atoms with van der Waals surface area (Å²) in [5.41, 5.74) is 0.857. The molecule has 1 heterocycles. The first-order valence-electron chi connectivity index (χ1n) is 7.05. The maximum Gasteiger partial charge on any atom is 0.241 e. The van der Waals surface area contributed by atoms with Crippen LogP contribution in [0.3, 0.4) is 0 Å². The van der Waals surface area contributed by atoms with Gasteiger partial charge in [0.2, 0.25) is 5.91 Å². The highest BCUT2D eigenvalue weighted by Gasteiger charge is 2.38. The van der Waals surface area contributed by atoms with E-state index in [9.17, 15) is 4.79 Å². The molecule has 1 aliphatic heterocycles. The fourth-order valence-electron chi connectivity index (χ4n) is 3.32. The fourth-order valence-corrected chi connectivity index (χ4v) is 3.72. The van der Waals surface area contributed by atoms with Gasteiger partial charge < -0.3 is 10.6 Å². The molecule has 3 atom stereocenters. The Bertz CT molecular complexity index is 463. The van der Waals surface area contributed by atoms with E-state index in [0.717, 1.165) is 16.6 Å². The molecule has 2 aliphatic rings. The minimum Gasteiger partial charge on any atom is -0.325 e. The largest absolute Gasteiger partial charge is 0.325 e. The summed E-state index contributed by atoms with van der Waals surface area (Å²) >= 11 is 3.42. The first kappa shape index (κ1) is 13.1. The number of carbonyl (C=O) groups is 1. The van der Waals surface area contributed by atoms with Gasteiger partial charge in [0, 0.05) is 16.2 Å². The zero-order valence-electron chi connectivity index (χ0n) is 10.9. The molecule has 102 valence electrons. The van der Waals surface area contributed by atoms with Crippen molar-refractivity contribution in [2.75, 3.05) is 5.32 Å². The SMILES string of the molecule is O=C(Nc1cccc(Br)c1)C1CC2CCCCC2N1. The lowest BCUT2D eigenvalue weighted by molar-refractivity contribution is -0.117. The number of hydrogen-bond donors (Lipinski definition) is 2. The van der Waals surface area contributed by atoms with Gasteiger partial charge in [-0.1, -0.05) is 34.8 Å². The van der Waals surface area contributed by atoms with Gasteiger partial charge in [-0.2, -0.15) is 0 Å². The maximum atomic E-state index is 12.3. The van der Waals surface area contributed by atoms with E-state index in [1.54, 1.807) is 0 Å². The number of rotatable bonds is 2. The Morgan fingerprint density at radius 1 is 1.32 bits per heavy atom. The van der Waals surface area contributed by atoms with E-state index in [2.05, 4.69) is 26.6 Å². The first-order chi connectivity index (χ1) is 9.22. The molecule has 1 saturated heterocycles. The number of fused-ring (bicyclic) bond motifs is 1. The van der Waals surface area contributed by atoms with Crippen molar-refractivity contribution in [3.8, 4) is 0 Å². The molecule has 3 rings (SSSR count). The molecule has 1 aromatic rings. The van der Waals surface area contributed by atoms with Crippen LogP contribution >= 0.6 is 15.9 Å². The fraction of sp³-hybridized carbons (Fsp3) is 0.533. The average Bonchev–Trinajstić information content (AvgIpc) is 2.82. The van der Waals surface area contributed by atoms with Crippen molar-refractivity contribution in [2.24, 2.45) is 5.92 Å². The van der Waals surface area contributed by atoms with Crippen LogP contribution in [0.1, 0.15) is 32.1 Å². The molecule has 0 radical (unpaired) electrons. The van der Waals surface area contributed by atoms with Gasteiger partial charge >= 0.3 is 0 Å². The Morgan fingerprint density at radius 3 is 2.95 bits per heavy atom. The van der Waals surface area contributed by atoms with Crippen LogP contribution in [0.2, 0.25) is 0 Å². The molecule has 1 saturated carbocycles. The number of hydrogen-bond acceptors (Lipinski definition) is 2. The Balaban J connectivity index is 1.62. The number of nitrogens with one attached hydrogen (secondary N) is 2. The van der Waals surface area contributed by atoms with Gasteiger partial charge in [0.25, 0.3) is 0 Å². The minimum atomic E-state index is -0.0212. The minimum absolute atomic E-state index is 0.0212. The first-order valence-corrected chi connectivity index (χ1v) is 7.84. The summed E-state index contributed by atoms with van der Waals surface area (Å²) in [4.78, 5) is 12.3. The molecule has 1 amide bonds. The van der Waals surface area contributed by atoms with Gasteiger partial charge in [-0.3, -0.25) is 4.79 Å². The molecule has 1 aromatic carbocycles. The second-order valence-corrected chi connectivity index (χ2v) is 6.52. The number of benzene rings is 1. The van der Waals surface area contributed by atoms with E-state index in [-0.39, 0.29) is 11.9 Å². The monoisotopic (exact) mass is 322 g/mol. The summed E-state index contributed by atoms with van der Waals surface area (Å²) in [5, 5.41) is 6.51. The van der Waals surface area contributed by atoms with Crippen molar-refractivity contribution in [3.63, 3.8) is 0 Å². The van der Waals surface area contributed by atoms with Crippen LogP contribution in [0.5, 0.6) is 0 Å². The lowest BCUT2D eigenvalue weighted by Gasteiger charge is -2.24. The van der Waals surface area contributed by atoms with E-state index < -0.39 is 0 Å². The van der Waals surface area contributed by atoms with Crippen LogP contribution in [-0.4, -0.2) is 18.0 Å². The van der Waals surface area contributed by atoms with Gasteiger partial charge in [0.1, 0.15) is 0 Å². The molecule has 2 fully saturated rings. The molecular weight excluding hydrogens is 304 g/mol. The Labute approximate surface area is 122 Å². The molecule has 1 aliphatic carbocycles. The van der Waals surface area contributed by atoms with Crippen LogP contribution in [0.25, 0.3) is 0 Å². The summed E-state index contributed by atoms with van der Waals surface area (Å²) in [6, 6.07) is 8.28. The van der Waals surface area contributed by atoms with Crippen LogP contribution in [0.4, 0.5) is 5.69 Å². The highest BCUT2D eigenvalue weighted by atomic mass is 79.9. The summed E-state index contributed by atoms with van der Waals surface area (Å²) in [7, 11) is 0. The Hall–Kier alpha value is -0.870. The van der Waals surface area contributed by atoms with Crippen molar-refractivity contribution in [3.05, 3.63) is 28.7 Å². The van der Waals surface area contributed by atoms with Crippen LogP contribution in [-0.2, 0) is 4.79 Å². The second-order valence-electron chi connectivity index (χ2n) is 5.61. The standard InChI is InChI=1S/C15H19BrN2O/c16-11-5-3-6-12(9-11)17-15(19)14-8-10-4-1-2-7-13(10)18-14/h3,5-6,9-10,13-14,18H,1-2,4,7-8H2,(H,17,19). The predicted molar refractivity (Wildman–Crippen MR) is 80.1 cm³/mol. The normalized spacial score (nSPS) is 29.8. The smallest absolute Gasteiger partial charge is 0.241 e. The van der Waals surface area contributed by atoms with E-state index in [1.807, 2.05) is 24.3 Å². The summed E-state index contributed by atoms with van der Waals surface area (Å²) in [6.07, 6.45) is 6.12. The Morgan fingerprint density at radius 2 is 2.16 bits per heavy atom. The molecule has 0 spiro atoms. The highest BCUT2D eigenvalue weighted by Crippen LogP contribution is 2.33. The predicted octanol–water partition coefficient (Wildman–Crippen LogP) is 3.31. The molecular formula is C15H19BrN2O. The van der Waals surface area contributed by atoms with Crippen molar-refractivity contribution >= 4 is 27.5 Å². The van der Waals surface area contributed by atoms with Gasteiger partial charge in [-0.05, 0) is 43.4 Å². The number of halogens is 1. The third kappa shape index (κ3) is 3.00. The summed E-state index contributed by atoms with van der Waals surface area (Å²) in [5.74, 6) is 0.805. The Kier molecular flexibility index (Phi) is 3.89. The van der Waals surface area contributed by atoms with Gasteiger partial charge in [0.05, 0.1) is 6.04 Å². The van der Waals surface area contributed by atoms with E-state index in [0.29, 0.717) is 12.0 Å². The average molecular weight is 323 g/mol. The molecule has 0 bridgehead atoms. The quantitative estimate of drug-likeness (QED) is 0.877. The lowest BCUT2D eigenvalue weighted by Crippen LogP contribution is -2.39. The topological polar surface area (TPSA) is 41.1 Å². The third-order valence-electron chi connectivity index (χ3n) is 4.27. The molecule has 19 heavy (non-hydrogen) atoms. The van der Waals surface area contributed by atoms with Crippen LogP contribution in [0, 0.1) is 5.92 Å². The highest BCUT2D eigenvalue weighted by molar-refractivity contribution is 9.10. The van der Waals surface area contributed by atoms with Crippen LogP contribution < -0.4 is 10.6 Å². The zero-order valence-corrected chi connectivity index (χ0v) is 12.4. The summed E-state index contributed by atoms with van der Waals surface area (Å²) < 4.78 is 0.985. The van der Waals surface area contributed by atoms with Crippen molar-refractivity contribution in [2.45, 2.75) is 44.2 Å². The van der Waals surface area contributed by atoms with Gasteiger partial charge in [-0.25, -0.2) is 0 Å². The molecule has 3 unspecified atom stereocenters. The lowest BCUT2D eigenvalue weighted by atomic mass is 9.85. The number of carbonyl (C=O) groups excluding carboxylic acids is 1. The summed E-state index contributed by atoms with van der Waals surface area (Å²) in [6.45, 7) is 0. The number of anilines is 1.